The first-order valence-electron chi connectivity index (χ1n) is 13.7. The third-order valence-corrected chi connectivity index (χ3v) is 8.49. The Hall–Kier alpha value is -2.54. The van der Waals surface area contributed by atoms with E-state index in [-0.39, 0.29) is 46.5 Å². The van der Waals surface area contributed by atoms with Gasteiger partial charge in [0.05, 0.1) is 22.1 Å². The molecule has 1 atom stereocenters. The fraction of sp³-hybridized carbons (Fsp3) is 0.593. The van der Waals surface area contributed by atoms with Crippen molar-refractivity contribution in [3.05, 3.63) is 39.6 Å². The summed E-state index contributed by atoms with van der Waals surface area (Å²) in [6.45, 7) is 12.4. The van der Waals surface area contributed by atoms with Gasteiger partial charge in [-0.2, -0.15) is 5.10 Å². The molecule has 0 fully saturated rings. The lowest BCUT2D eigenvalue weighted by molar-refractivity contribution is 0.183. The van der Waals surface area contributed by atoms with Crippen LogP contribution in [0, 0.1) is 19.8 Å². The van der Waals surface area contributed by atoms with E-state index in [9.17, 15) is 18.0 Å². The number of nitrogens with zero attached hydrogens (tertiary/aromatic N) is 3. The van der Waals surface area contributed by atoms with Crippen LogP contribution in [0.25, 0.3) is 0 Å². The summed E-state index contributed by atoms with van der Waals surface area (Å²) in [4.78, 5) is 27.6. The van der Waals surface area contributed by atoms with Gasteiger partial charge >= 0.3 is 12.1 Å². The number of benzene rings is 1. The van der Waals surface area contributed by atoms with Gasteiger partial charge in [-0.3, -0.25) is 4.68 Å². The van der Waals surface area contributed by atoms with E-state index in [1.165, 1.54) is 18.2 Å². The van der Waals surface area contributed by atoms with E-state index >= 15 is 0 Å². The number of aromatic nitrogens is 2. The number of hydrogen-bond donors (Lipinski definition) is 4. The lowest BCUT2D eigenvalue weighted by Crippen LogP contribution is -2.51. The molecule has 41 heavy (non-hydrogen) atoms. The molecule has 0 bridgehead atoms. The molecule has 11 nitrogen and oxygen atoms in total. The fourth-order valence-electron chi connectivity index (χ4n) is 4.32. The Kier molecular flexibility index (Phi) is 13.2. The molecule has 0 saturated carbocycles. The second-order valence-corrected chi connectivity index (χ2v) is 13.4. The Labute approximate surface area is 253 Å². The Morgan fingerprint density at radius 3 is 2.32 bits per heavy atom. The van der Waals surface area contributed by atoms with Crippen LogP contribution in [0.1, 0.15) is 58.3 Å². The van der Waals surface area contributed by atoms with Gasteiger partial charge < -0.3 is 20.9 Å². The number of nitrogens with one attached hydrogen (secondary N) is 4. The topological polar surface area (TPSA) is 137 Å². The van der Waals surface area contributed by atoms with Crippen molar-refractivity contribution in [2.75, 3.05) is 25.0 Å². The second-order valence-electron chi connectivity index (χ2n) is 10.8. The Balaban J connectivity index is 2.03. The zero-order chi connectivity index (χ0) is 30.9. The number of anilines is 1. The zero-order valence-corrected chi connectivity index (χ0v) is 27.2. The number of unbranched alkanes of at least 4 members (excludes halogenated alkanes) is 1. The van der Waals surface area contributed by atoms with E-state index in [0.29, 0.717) is 48.8 Å². The smallest absolute Gasteiger partial charge is 0.319 e. The van der Waals surface area contributed by atoms with Crippen LogP contribution in [0.3, 0.4) is 0 Å². The van der Waals surface area contributed by atoms with Crippen LogP contribution in [-0.4, -0.2) is 66.9 Å². The first-order valence-corrected chi connectivity index (χ1v) is 15.9. The van der Waals surface area contributed by atoms with Crippen molar-refractivity contribution in [1.29, 1.82) is 0 Å². The molecule has 4 amide bonds. The molecular formula is C27H43Cl2N7O4S. The van der Waals surface area contributed by atoms with E-state index in [2.05, 4.69) is 39.6 Å². The van der Waals surface area contributed by atoms with Crippen molar-refractivity contribution in [2.24, 2.45) is 13.0 Å². The van der Waals surface area contributed by atoms with Crippen molar-refractivity contribution in [3.63, 3.8) is 0 Å². The van der Waals surface area contributed by atoms with E-state index in [1.807, 2.05) is 34.7 Å². The highest BCUT2D eigenvalue weighted by Crippen LogP contribution is 2.24. The molecule has 14 heteroatoms. The van der Waals surface area contributed by atoms with Gasteiger partial charge in [0, 0.05) is 43.8 Å². The first kappa shape index (κ1) is 34.7. The Morgan fingerprint density at radius 1 is 1.07 bits per heavy atom. The van der Waals surface area contributed by atoms with Gasteiger partial charge in [-0.05, 0) is 71.1 Å². The molecule has 2 aromatic rings. The minimum atomic E-state index is -3.81. The molecule has 2 rings (SSSR count). The molecule has 1 aromatic carbocycles. The quantitative estimate of drug-likeness (QED) is 0.216. The minimum absolute atomic E-state index is 0.0425. The predicted molar refractivity (Wildman–Crippen MR) is 164 cm³/mol. The largest absolute Gasteiger partial charge is 0.336 e. The van der Waals surface area contributed by atoms with Crippen molar-refractivity contribution in [3.8, 4) is 0 Å². The molecule has 0 aliphatic carbocycles. The van der Waals surface area contributed by atoms with Gasteiger partial charge in [0.15, 0.2) is 0 Å². The standard InChI is InChI=1S/C27H43Cl2N7O4S/c1-17(2)14-22(32-26(37)33-25-19(5)34-35(7)20(25)6)16-36(27(38)31-18(3)4)13-9-8-12-30-41(39,40)24-11-10-21(28)15-23(24)29/h10-11,15,17-18,22,30H,8-9,12-14,16H2,1-7H3,(H,31,38)(H2,32,33,37)/t22-/m0/s1. The number of carbonyl (C=O) groups is 2. The molecule has 0 unspecified atom stereocenters. The molecular weight excluding hydrogens is 589 g/mol. The number of amides is 4. The number of hydrogen-bond acceptors (Lipinski definition) is 5. The Morgan fingerprint density at radius 2 is 1.76 bits per heavy atom. The van der Waals surface area contributed by atoms with E-state index in [1.54, 1.807) is 9.58 Å². The van der Waals surface area contributed by atoms with Crippen molar-refractivity contribution in [2.45, 2.75) is 77.8 Å². The van der Waals surface area contributed by atoms with Gasteiger partial charge in [-0.15, -0.1) is 0 Å². The van der Waals surface area contributed by atoms with Crippen molar-refractivity contribution in [1.82, 2.24) is 30.0 Å². The van der Waals surface area contributed by atoms with Gasteiger partial charge in [0.25, 0.3) is 0 Å². The first-order chi connectivity index (χ1) is 19.1. The van der Waals surface area contributed by atoms with E-state index in [4.69, 9.17) is 23.2 Å². The SMILES string of the molecule is Cc1nn(C)c(C)c1NC(=O)N[C@@H](CC(C)C)CN(CCCCNS(=O)(=O)c1ccc(Cl)cc1Cl)C(=O)NC(C)C. The molecule has 230 valence electrons. The summed E-state index contributed by atoms with van der Waals surface area (Å²) in [5.74, 6) is 0.270. The van der Waals surface area contributed by atoms with Crippen LogP contribution in [0.2, 0.25) is 10.0 Å². The van der Waals surface area contributed by atoms with Crippen LogP contribution < -0.4 is 20.7 Å². The molecule has 4 N–H and O–H groups in total. The minimum Gasteiger partial charge on any atom is -0.336 e. The third-order valence-electron chi connectivity index (χ3n) is 6.31. The van der Waals surface area contributed by atoms with Crippen LogP contribution in [-0.2, 0) is 17.1 Å². The molecule has 0 saturated heterocycles. The third kappa shape index (κ3) is 11.0. The summed E-state index contributed by atoms with van der Waals surface area (Å²) < 4.78 is 29.6. The van der Waals surface area contributed by atoms with E-state index < -0.39 is 10.0 Å². The number of carbonyl (C=O) groups excluding carboxylic acids is 2. The average Bonchev–Trinajstić information content (AvgIpc) is 3.07. The number of urea groups is 2. The zero-order valence-electron chi connectivity index (χ0n) is 24.8. The summed E-state index contributed by atoms with van der Waals surface area (Å²) in [5, 5.41) is 13.6. The molecule has 0 aliphatic rings. The highest BCUT2D eigenvalue weighted by molar-refractivity contribution is 7.89. The lowest BCUT2D eigenvalue weighted by Gasteiger charge is -2.30. The van der Waals surface area contributed by atoms with Gasteiger partial charge in [-0.1, -0.05) is 37.0 Å². The molecule has 0 spiro atoms. The van der Waals surface area contributed by atoms with Gasteiger partial charge in [0.2, 0.25) is 10.0 Å². The number of sulfonamides is 1. The molecule has 0 aliphatic heterocycles. The van der Waals surface area contributed by atoms with E-state index in [0.717, 1.165) is 5.69 Å². The summed E-state index contributed by atoms with van der Waals surface area (Å²) >= 11 is 11.9. The average molecular weight is 633 g/mol. The normalized spacial score (nSPS) is 12.5. The maximum absolute atomic E-state index is 13.1. The van der Waals surface area contributed by atoms with Crippen molar-refractivity contribution < 1.29 is 18.0 Å². The van der Waals surface area contributed by atoms with Crippen molar-refractivity contribution >= 4 is 51.0 Å². The summed E-state index contributed by atoms with van der Waals surface area (Å²) in [5.41, 5.74) is 2.21. The Bertz CT molecular complexity index is 1300. The maximum atomic E-state index is 13.1. The lowest BCUT2D eigenvalue weighted by atomic mass is 10.0. The van der Waals surface area contributed by atoms with Crippen LogP contribution in [0.5, 0.6) is 0 Å². The number of aryl methyl sites for hydroxylation is 2. The van der Waals surface area contributed by atoms with Gasteiger partial charge in [0.1, 0.15) is 4.90 Å². The highest BCUT2D eigenvalue weighted by Gasteiger charge is 2.23. The fourth-order valence-corrected chi connectivity index (χ4v) is 6.17. The maximum Gasteiger partial charge on any atom is 0.319 e. The second kappa shape index (κ2) is 15.6. The van der Waals surface area contributed by atoms with Crippen LogP contribution in [0.4, 0.5) is 15.3 Å². The summed E-state index contributed by atoms with van der Waals surface area (Å²) in [6.07, 6.45) is 1.68. The monoisotopic (exact) mass is 631 g/mol. The van der Waals surface area contributed by atoms with Crippen LogP contribution >= 0.6 is 23.2 Å². The summed E-state index contributed by atoms with van der Waals surface area (Å²) in [7, 11) is -2.00. The molecule has 0 radical (unpaired) electrons. The summed E-state index contributed by atoms with van der Waals surface area (Å²) in [6, 6.07) is 3.21. The number of halogens is 2. The molecule has 1 heterocycles. The molecule has 1 aromatic heterocycles. The van der Waals surface area contributed by atoms with Gasteiger partial charge in [-0.25, -0.2) is 22.7 Å². The predicted octanol–water partition coefficient (Wildman–Crippen LogP) is 5.06. The highest BCUT2D eigenvalue weighted by atomic mass is 35.5. The number of rotatable bonds is 14. The van der Waals surface area contributed by atoms with Crippen LogP contribution in [0.15, 0.2) is 23.1 Å².